The lowest BCUT2D eigenvalue weighted by Crippen LogP contribution is -2.47. The van der Waals surface area contributed by atoms with Crippen LogP contribution in [0, 0.1) is 0 Å². The number of rotatable bonds is 4. The van der Waals surface area contributed by atoms with E-state index < -0.39 is 5.54 Å². The molecule has 1 atom stereocenters. The van der Waals surface area contributed by atoms with E-state index in [0.29, 0.717) is 0 Å². The number of nitrogens with zero attached hydrogens (tertiary/aromatic N) is 1. The maximum atomic E-state index is 12.3. The Labute approximate surface area is 120 Å². The molecule has 102 valence electrons. The fourth-order valence-electron chi connectivity index (χ4n) is 2.05. The molecule has 0 saturated carbocycles. The number of urea groups is 1. The molecule has 1 unspecified atom stereocenters. The van der Waals surface area contributed by atoms with Gasteiger partial charge in [0.2, 0.25) is 0 Å². The fraction of sp³-hybridized carbons (Fsp3) is 0.385. The molecule has 3 amide bonds. The highest BCUT2D eigenvalue weighted by atomic mass is 79.9. The number of methoxy groups -OCH3 is 1. The second kappa shape index (κ2) is 5.30. The molecule has 0 aliphatic carbocycles. The Hall–Kier alpha value is -1.40. The van der Waals surface area contributed by atoms with Gasteiger partial charge in [0, 0.05) is 11.6 Å². The molecule has 2 rings (SSSR count). The molecule has 1 aliphatic heterocycles. The number of imide groups is 1. The standard InChI is InChI=1S/C13H15BrN2O3/c1-13(8-19-2)11(17)16(12(18)15-13)7-9-3-5-10(14)6-4-9/h3-6H,7-8H2,1-2H3,(H,15,18). The van der Waals surface area contributed by atoms with Gasteiger partial charge in [-0.2, -0.15) is 0 Å². The minimum absolute atomic E-state index is 0.161. The van der Waals surface area contributed by atoms with Gasteiger partial charge >= 0.3 is 6.03 Å². The van der Waals surface area contributed by atoms with Gasteiger partial charge in [-0.05, 0) is 24.6 Å². The van der Waals surface area contributed by atoms with Crippen LogP contribution in [0.25, 0.3) is 0 Å². The largest absolute Gasteiger partial charge is 0.382 e. The zero-order chi connectivity index (χ0) is 14.0. The summed E-state index contributed by atoms with van der Waals surface area (Å²) < 4.78 is 5.95. The lowest BCUT2D eigenvalue weighted by Gasteiger charge is -2.20. The van der Waals surface area contributed by atoms with E-state index in [-0.39, 0.29) is 25.1 Å². The molecule has 0 spiro atoms. The molecule has 0 aromatic heterocycles. The molecule has 0 bridgehead atoms. The zero-order valence-electron chi connectivity index (χ0n) is 10.8. The second-order valence-corrected chi connectivity index (χ2v) is 5.63. The maximum Gasteiger partial charge on any atom is 0.325 e. The van der Waals surface area contributed by atoms with Crippen molar-refractivity contribution in [3.8, 4) is 0 Å². The Kier molecular flexibility index (Phi) is 3.91. The van der Waals surface area contributed by atoms with Crippen LogP contribution in [-0.4, -0.2) is 36.1 Å². The van der Waals surface area contributed by atoms with Gasteiger partial charge in [0.1, 0.15) is 5.54 Å². The third-order valence-corrected chi connectivity index (χ3v) is 3.56. The van der Waals surface area contributed by atoms with E-state index in [9.17, 15) is 9.59 Å². The molecular formula is C13H15BrN2O3. The summed E-state index contributed by atoms with van der Waals surface area (Å²) >= 11 is 3.34. The summed E-state index contributed by atoms with van der Waals surface area (Å²) in [6.07, 6.45) is 0. The first-order valence-electron chi connectivity index (χ1n) is 5.84. The lowest BCUT2D eigenvalue weighted by molar-refractivity contribution is -0.132. The van der Waals surface area contributed by atoms with Crippen molar-refractivity contribution in [1.82, 2.24) is 10.2 Å². The average molecular weight is 327 g/mol. The molecule has 6 heteroatoms. The number of hydrogen-bond donors (Lipinski definition) is 1. The minimum atomic E-state index is -0.971. The van der Waals surface area contributed by atoms with Crippen molar-refractivity contribution < 1.29 is 14.3 Å². The van der Waals surface area contributed by atoms with Crippen LogP contribution in [0.1, 0.15) is 12.5 Å². The van der Waals surface area contributed by atoms with Gasteiger partial charge in [-0.25, -0.2) is 4.79 Å². The summed E-state index contributed by atoms with van der Waals surface area (Å²) in [6, 6.07) is 7.12. The third-order valence-electron chi connectivity index (χ3n) is 3.03. The molecule has 1 N–H and O–H groups in total. The smallest absolute Gasteiger partial charge is 0.325 e. The first kappa shape index (κ1) is 14.0. The number of hydrogen-bond acceptors (Lipinski definition) is 3. The Morgan fingerprint density at radius 2 is 1.95 bits per heavy atom. The molecule has 1 aromatic carbocycles. The van der Waals surface area contributed by atoms with Gasteiger partial charge in [0.15, 0.2) is 0 Å². The number of nitrogens with one attached hydrogen (secondary N) is 1. The number of ether oxygens (including phenoxy) is 1. The van der Waals surface area contributed by atoms with E-state index in [2.05, 4.69) is 21.2 Å². The van der Waals surface area contributed by atoms with E-state index >= 15 is 0 Å². The second-order valence-electron chi connectivity index (χ2n) is 4.71. The first-order chi connectivity index (χ1) is 8.96. The van der Waals surface area contributed by atoms with Crippen molar-refractivity contribution >= 4 is 27.9 Å². The van der Waals surface area contributed by atoms with Crippen molar-refractivity contribution in [3.05, 3.63) is 34.3 Å². The molecule has 19 heavy (non-hydrogen) atoms. The van der Waals surface area contributed by atoms with Crippen LogP contribution in [0.4, 0.5) is 4.79 Å². The predicted octanol–water partition coefficient (Wildman–Crippen LogP) is 1.91. The van der Waals surface area contributed by atoms with Gasteiger partial charge in [0.25, 0.3) is 5.91 Å². The van der Waals surface area contributed by atoms with Gasteiger partial charge in [-0.1, -0.05) is 28.1 Å². The normalized spacial score (nSPS) is 22.8. The van der Waals surface area contributed by atoms with Crippen LogP contribution >= 0.6 is 15.9 Å². The number of carbonyl (C=O) groups excluding carboxylic acids is 2. The summed E-state index contributed by atoms with van der Waals surface area (Å²) in [5.41, 5.74) is -0.0744. The van der Waals surface area contributed by atoms with Crippen molar-refractivity contribution in [3.63, 3.8) is 0 Å². The van der Waals surface area contributed by atoms with Gasteiger partial charge in [0.05, 0.1) is 13.2 Å². The number of benzene rings is 1. The average Bonchev–Trinajstić information content (AvgIpc) is 2.56. The van der Waals surface area contributed by atoms with Gasteiger partial charge in [-0.15, -0.1) is 0 Å². The molecule has 1 heterocycles. The number of amides is 3. The SMILES string of the molecule is COCC1(C)NC(=O)N(Cc2ccc(Br)cc2)C1=O. The molecule has 1 fully saturated rings. The summed E-state index contributed by atoms with van der Waals surface area (Å²) in [6.45, 7) is 2.09. The van der Waals surface area contributed by atoms with E-state index in [1.54, 1.807) is 6.92 Å². The van der Waals surface area contributed by atoms with E-state index in [4.69, 9.17) is 4.74 Å². The maximum absolute atomic E-state index is 12.3. The zero-order valence-corrected chi connectivity index (χ0v) is 12.4. The Morgan fingerprint density at radius 1 is 1.32 bits per heavy atom. The molecule has 0 radical (unpaired) electrons. The van der Waals surface area contributed by atoms with E-state index in [1.165, 1.54) is 12.0 Å². The molecule has 5 nitrogen and oxygen atoms in total. The summed E-state index contributed by atoms with van der Waals surface area (Å²) in [4.78, 5) is 25.3. The van der Waals surface area contributed by atoms with Gasteiger partial charge in [-0.3, -0.25) is 9.69 Å². The minimum Gasteiger partial charge on any atom is -0.382 e. The van der Waals surface area contributed by atoms with Gasteiger partial charge < -0.3 is 10.1 Å². The Balaban J connectivity index is 2.15. The van der Waals surface area contributed by atoms with Crippen LogP contribution < -0.4 is 5.32 Å². The quantitative estimate of drug-likeness (QED) is 0.860. The highest BCUT2D eigenvalue weighted by molar-refractivity contribution is 9.10. The Morgan fingerprint density at radius 3 is 2.53 bits per heavy atom. The highest BCUT2D eigenvalue weighted by Crippen LogP contribution is 2.21. The molecular weight excluding hydrogens is 312 g/mol. The van der Waals surface area contributed by atoms with Crippen molar-refractivity contribution in [2.24, 2.45) is 0 Å². The third kappa shape index (κ3) is 2.79. The predicted molar refractivity (Wildman–Crippen MR) is 73.5 cm³/mol. The number of halogens is 1. The van der Waals surface area contributed by atoms with Crippen molar-refractivity contribution in [2.45, 2.75) is 19.0 Å². The highest BCUT2D eigenvalue weighted by Gasteiger charge is 2.47. The van der Waals surface area contributed by atoms with E-state index in [0.717, 1.165) is 10.0 Å². The van der Waals surface area contributed by atoms with Crippen LogP contribution in [0.2, 0.25) is 0 Å². The van der Waals surface area contributed by atoms with Crippen molar-refractivity contribution in [2.75, 3.05) is 13.7 Å². The summed E-state index contributed by atoms with van der Waals surface area (Å²) in [5, 5.41) is 2.67. The van der Waals surface area contributed by atoms with Crippen LogP contribution in [-0.2, 0) is 16.1 Å². The topological polar surface area (TPSA) is 58.6 Å². The molecule has 1 aliphatic rings. The number of carbonyl (C=O) groups is 2. The summed E-state index contributed by atoms with van der Waals surface area (Å²) in [5.74, 6) is -0.262. The van der Waals surface area contributed by atoms with E-state index in [1.807, 2.05) is 24.3 Å². The molecule has 1 saturated heterocycles. The fourth-order valence-corrected chi connectivity index (χ4v) is 2.31. The first-order valence-corrected chi connectivity index (χ1v) is 6.63. The monoisotopic (exact) mass is 326 g/mol. The van der Waals surface area contributed by atoms with Crippen LogP contribution in [0.15, 0.2) is 28.7 Å². The Bertz CT molecular complexity index is 503. The van der Waals surface area contributed by atoms with Crippen LogP contribution in [0.5, 0.6) is 0 Å². The van der Waals surface area contributed by atoms with Crippen molar-refractivity contribution in [1.29, 1.82) is 0 Å². The lowest BCUT2D eigenvalue weighted by atomic mass is 10.0. The molecule has 1 aromatic rings. The van der Waals surface area contributed by atoms with Crippen LogP contribution in [0.3, 0.4) is 0 Å². The summed E-state index contributed by atoms with van der Waals surface area (Å²) in [7, 11) is 1.50.